The molecular weight excluding hydrogens is 320 g/mol. The van der Waals surface area contributed by atoms with Crippen molar-refractivity contribution in [3.8, 4) is 5.75 Å². The molecule has 0 saturated carbocycles. The van der Waals surface area contributed by atoms with E-state index in [2.05, 4.69) is 0 Å². The van der Waals surface area contributed by atoms with Gasteiger partial charge in [0.05, 0.1) is 13.0 Å². The smallest absolute Gasteiger partial charge is 0.307 e. The van der Waals surface area contributed by atoms with Crippen LogP contribution in [0.5, 0.6) is 5.75 Å². The highest BCUT2D eigenvalue weighted by atomic mass is 35.5. The first-order valence-electron chi connectivity index (χ1n) is 6.95. The van der Waals surface area contributed by atoms with Crippen molar-refractivity contribution >= 4 is 29.3 Å². The Morgan fingerprint density at radius 3 is 2.77 bits per heavy atom. The van der Waals surface area contributed by atoms with Gasteiger partial charge in [-0.2, -0.15) is 0 Å². The van der Waals surface area contributed by atoms with Gasteiger partial charge in [0.2, 0.25) is 0 Å². The van der Waals surface area contributed by atoms with Gasteiger partial charge in [0.25, 0.3) is 0 Å². The molecule has 0 aliphatic carbocycles. The van der Waals surface area contributed by atoms with Gasteiger partial charge < -0.3 is 9.84 Å². The van der Waals surface area contributed by atoms with E-state index in [0.717, 1.165) is 27.5 Å². The van der Waals surface area contributed by atoms with Gasteiger partial charge in [0.15, 0.2) is 0 Å². The Balaban J connectivity index is 2.10. The van der Waals surface area contributed by atoms with Gasteiger partial charge in [-0.1, -0.05) is 36.0 Å². The summed E-state index contributed by atoms with van der Waals surface area (Å²) >= 11 is 7.17. The zero-order chi connectivity index (χ0) is 15.8. The van der Waals surface area contributed by atoms with Crippen LogP contribution in [0.4, 0.5) is 0 Å². The molecule has 0 radical (unpaired) electrons. The molecule has 0 aliphatic heterocycles. The lowest BCUT2D eigenvalue weighted by Gasteiger charge is -2.09. The Labute approximate surface area is 139 Å². The second-order valence-corrected chi connectivity index (χ2v) is 6.14. The standard InChI is InChI=1S/C17H17ClO3S/c18-9-4-10-21-14-6-3-7-15(12-14)22-16-8-2-1-5-13(16)11-17(19)20/h1-3,5-8,12H,4,9-11H2,(H,19,20). The summed E-state index contributed by atoms with van der Waals surface area (Å²) in [5.74, 6) is 0.550. The van der Waals surface area contributed by atoms with Crippen LogP contribution in [0.2, 0.25) is 0 Å². The molecule has 0 saturated heterocycles. The fourth-order valence-electron chi connectivity index (χ4n) is 1.91. The van der Waals surface area contributed by atoms with Crippen molar-refractivity contribution in [3.63, 3.8) is 0 Å². The molecule has 0 unspecified atom stereocenters. The highest BCUT2D eigenvalue weighted by Crippen LogP contribution is 2.32. The van der Waals surface area contributed by atoms with Crippen LogP contribution < -0.4 is 4.74 Å². The number of hydrogen-bond donors (Lipinski definition) is 1. The van der Waals surface area contributed by atoms with E-state index in [9.17, 15) is 4.79 Å². The van der Waals surface area contributed by atoms with Crippen molar-refractivity contribution in [2.45, 2.75) is 22.6 Å². The first-order chi connectivity index (χ1) is 10.7. The van der Waals surface area contributed by atoms with Gasteiger partial charge in [-0.3, -0.25) is 4.79 Å². The number of carbonyl (C=O) groups is 1. The van der Waals surface area contributed by atoms with E-state index in [1.807, 2.05) is 48.5 Å². The summed E-state index contributed by atoms with van der Waals surface area (Å²) in [5, 5.41) is 8.98. The summed E-state index contributed by atoms with van der Waals surface area (Å²) in [6, 6.07) is 15.3. The van der Waals surface area contributed by atoms with E-state index >= 15 is 0 Å². The maximum Gasteiger partial charge on any atom is 0.307 e. The molecule has 0 aromatic heterocycles. The second kappa shape index (κ2) is 8.71. The van der Waals surface area contributed by atoms with Gasteiger partial charge in [-0.15, -0.1) is 11.6 Å². The molecule has 1 N–H and O–H groups in total. The number of carboxylic acids is 1. The molecular formula is C17H17ClO3S. The van der Waals surface area contributed by atoms with Crippen molar-refractivity contribution in [1.29, 1.82) is 0 Å². The summed E-state index contributed by atoms with van der Waals surface area (Å²) in [6.07, 6.45) is 0.829. The van der Waals surface area contributed by atoms with E-state index in [1.54, 1.807) is 11.8 Å². The van der Waals surface area contributed by atoms with E-state index < -0.39 is 5.97 Å². The average molecular weight is 337 g/mol. The third-order valence-electron chi connectivity index (χ3n) is 2.89. The van der Waals surface area contributed by atoms with Crippen LogP contribution in [0.15, 0.2) is 58.3 Å². The molecule has 0 amide bonds. The molecule has 2 aromatic carbocycles. The molecule has 0 bridgehead atoms. The van der Waals surface area contributed by atoms with Crippen LogP contribution >= 0.6 is 23.4 Å². The quantitative estimate of drug-likeness (QED) is 0.570. The van der Waals surface area contributed by atoms with Gasteiger partial charge in [0.1, 0.15) is 5.75 Å². The van der Waals surface area contributed by atoms with E-state index in [0.29, 0.717) is 12.5 Å². The third-order valence-corrected chi connectivity index (χ3v) is 4.27. The number of benzene rings is 2. The first-order valence-corrected chi connectivity index (χ1v) is 8.30. The minimum absolute atomic E-state index is 0.0229. The summed E-state index contributed by atoms with van der Waals surface area (Å²) < 4.78 is 5.63. The summed E-state index contributed by atoms with van der Waals surface area (Å²) in [6.45, 7) is 0.590. The van der Waals surface area contributed by atoms with Crippen molar-refractivity contribution in [2.24, 2.45) is 0 Å². The third kappa shape index (κ3) is 5.28. The lowest BCUT2D eigenvalue weighted by Crippen LogP contribution is -2.01. The number of hydrogen-bond acceptors (Lipinski definition) is 3. The number of ether oxygens (including phenoxy) is 1. The number of carboxylic acid groups (broad SMARTS) is 1. The van der Waals surface area contributed by atoms with Gasteiger partial charge in [0, 0.05) is 15.7 Å². The molecule has 0 atom stereocenters. The highest BCUT2D eigenvalue weighted by molar-refractivity contribution is 7.99. The summed E-state index contributed by atoms with van der Waals surface area (Å²) in [5.41, 5.74) is 0.813. The molecule has 0 aliphatic rings. The fraction of sp³-hybridized carbons (Fsp3) is 0.235. The molecule has 116 valence electrons. The largest absolute Gasteiger partial charge is 0.494 e. The summed E-state index contributed by atoms with van der Waals surface area (Å²) in [4.78, 5) is 12.9. The Morgan fingerprint density at radius 1 is 1.18 bits per heavy atom. The number of rotatable bonds is 8. The Morgan fingerprint density at radius 2 is 2.00 bits per heavy atom. The Bertz CT molecular complexity index is 631. The summed E-state index contributed by atoms with van der Waals surface area (Å²) in [7, 11) is 0. The van der Waals surface area contributed by atoms with Gasteiger partial charge in [-0.25, -0.2) is 0 Å². The zero-order valence-corrected chi connectivity index (χ0v) is 13.6. The molecule has 22 heavy (non-hydrogen) atoms. The minimum Gasteiger partial charge on any atom is -0.494 e. The number of halogens is 1. The fourth-order valence-corrected chi connectivity index (χ4v) is 3.01. The normalized spacial score (nSPS) is 10.4. The highest BCUT2D eigenvalue weighted by Gasteiger charge is 2.08. The minimum atomic E-state index is -0.828. The SMILES string of the molecule is O=C(O)Cc1ccccc1Sc1cccc(OCCCCl)c1. The maximum absolute atomic E-state index is 10.9. The lowest BCUT2D eigenvalue weighted by atomic mass is 10.1. The van der Waals surface area contributed by atoms with Gasteiger partial charge >= 0.3 is 5.97 Å². The predicted molar refractivity (Wildman–Crippen MR) is 89.2 cm³/mol. The van der Waals surface area contributed by atoms with Crippen LogP contribution in [0.3, 0.4) is 0 Å². The van der Waals surface area contributed by atoms with Crippen LogP contribution in [0, 0.1) is 0 Å². The Hall–Kier alpha value is -1.65. The van der Waals surface area contributed by atoms with E-state index in [1.165, 1.54) is 0 Å². The van der Waals surface area contributed by atoms with Crippen LogP contribution in [-0.4, -0.2) is 23.6 Å². The number of aliphatic carboxylic acids is 1. The zero-order valence-electron chi connectivity index (χ0n) is 12.0. The van der Waals surface area contributed by atoms with E-state index in [4.69, 9.17) is 21.4 Å². The number of alkyl halides is 1. The van der Waals surface area contributed by atoms with Crippen LogP contribution in [0.25, 0.3) is 0 Å². The molecule has 0 spiro atoms. The molecule has 5 heteroatoms. The lowest BCUT2D eigenvalue weighted by molar-refractivity contribution is -0.136. The van der Waals surface area contributed by atoms with Crippen molar-refractivity contribution in [3.05, 3.63) is 54.1 Å². The van der Waals surface area contributed by atoms with E-state index in [-0.39, 0.29) is 6.42 Å². The molecule has 0 fully saturated rings. The molecule has 2 aromatic rings. The molecule has 0 heterocycles. The Kier molecular flexibility index (Phi) is 6.62. The van der Waals surface area contributed by atoms with Crippen LogP contribution in [-0.2, 0) is 11.2 Å². The van der Waals surface area contributed by atoms with Crippen LogP contribution in [0.1, 0.15) is 12.0 Å². The first kappa shape index (κ1) is 16.7. The van der Waals surface area contributed by atoms with Gasteiger partial charge in [-0.05, 0) is 36.2 Å². The second-order valence-electron chi connectivity index (χ2n) is 4.65. The average Bonchev–Trinajstić information content (AvgIpc) is 2.49. The van der Waals surface area contributed by atoms with Crippen molar-refractivity contribution in [1.82, 2.24) is 0 Å². The molecule has 3 nitrogen and oxygen atoms in total. The van der Waals surface area contributed by atoms with Crippen molar-refractivity contribution in [2.75, 3.05) is 12.5 Å². The monoisotopic (exact) mass is 336 g/mol. The topological polar surface area (TPSA) is 46.5 Å². The maximum atomic E-state index is 10.9. The van der Waals surface area contributed by atoms with Crippen molar-refractivity contribution < 1.29 is 14.6 Å². The predicted octanol–water partition coefficient (Wildman–Crippen LogP) is 4.47. The molecule has 2 rings (SSSR count).